The van der Waals surface area contributed by atoms with Gasteiger partial charge in [-0.25, -0.2) is 4.98 Å². The number of pyridine rings is 1. The molecule has 1 fully saturated rings. The summed E-state index contributed by atoms with van der Waals surface area (Å²) in [5, 5.41) is 2.89. The van der Waals surface area contributed by atoms with E-state index in [-0.39, 0.29) is 23.8 Å². The first-order valence-corrected chi connectivity index (χ1v) is 10.9. The number of rotatable bonds is 10. The van der Waals surface area contributed by atoms with E-state index in [4.69, 9.17) is 4.74 Å². The van der Waals surface area contributed by atoms with Crippen LogP contribution in [-0.4, -0.2) is 67.1 Å². The highest BCUT2D eigenvalue weighted by Crippen LogP contribution is 2.17. The zero-order valence-electron chi connectivity index (χ0n) is 18.3. The summed E-state index contributed by atoms with van der Waals surface area (Å²) in [7, 11) is 0. The molecular weight excluding hydrogens is 368 g/mol. The Balaban J connectivity index is 1.79. The number of anilines is 1. The van der Waals surface area contributed by atoms with Crippen molar-refractivity contribution >= 4 is 17.6 Å². The summed E-state index contributed by atoms with van der Waals surface area (Å²) in [5.41, 5.74) is 0.557. The van der Waals surface area contributed by atoms with Gasteiger partial charge in [-0.2, -0.15) is 0 Å². The van der Waals surface area contributed by atoms with Crippen molar-refractivity contribution in [3.8, 4) is 0 Å². The fourth-order valence-corrected chi connectivity index (χ4v) is 3.45. The predicted molar refractivity (Wildman–Crippen MR) is 115 cm³/mol. The molecule has 0 radical (unpaired) electrons. The first-order valence-electron chi connectivity index (χ1n) is 10.9. The molecule has 1 aliphatic rings. The SMILES string of the molecule is CCC(CC)C(=O)N1CCN(c2ccc(C(=O)NCCCOC(C)C)cn2)CC1. The lowest BCUT2D eigenvalue weighted by Gasteiger charge is -2.36. The molecule has 0 unspecified atom stereocenters. The van der Waals surface area contributed by atoms with Gasteiger partial charge in [0.15, 0.2) is 0 Å². The molecule has 1 N–H and O–H groups in total. The molecule has 0 saturated carbocycles. The number of hydrogen-bond acceptors (Lipinski definition) is 5. The Morgan fingerprint density at radius 2 is 1.83 bits per heavy atom. The maximum absolute atomic E-state index is 12.5. The van der Waals surface area contributed by atoms with Gasteiger partial charge in [0.25, 0.3) is 5.91 Å². The Kier molecular flexibility index (Phi) is 9.38. The molecular formula is C22H36N4O3. The van der Waals surface area contributed by atoms with Crippen LogP contribution in [0, 0.1) is 5.92 Å². The van der Waals surface area contributed by atoms with E-state index in [2.05, 4.69) is 29.0 Å². The van der Waals surface area contributed by atoms with Gasteiger partial charge >= 0.3 is 0 Å². The number of hydrogen-bond donors (Lipinski definition) is 1. The third-order valence-corrected chi connectivity index (χ3v) is 5.32. The number of nitrogens with one attached hydrogen (secondary N) is 1. The van der Waals surface area contributed by atoms with Crippen LogP contribution in [0.15, 0.2) is 18.3 Å². The minimum Gasteiger partial charge on any atom is -0.379 e. The molecule has 0 aromatic carbocycles. The van der Waals surface area contributed by atoms with Crippen LogP contribution in [-0.2, 0) is 9.53 Å². The fourth-order valence-electron chi connectivity index (χ4n) is 3.45. The second-order valence-corrected chi connectivity index (χ2v) is 7.76. The molecule has 0 aliphatic carbocycles. The monoisotopic (exact) mass is 404 g/mol. The van der Waals surface area contributed by atoms with Crippen molar-refractivity contribution in [2.45, 2.75) is 53.1 Å². The van der Waals surface area contributed by atoms with Crippen molar-refractivity contribution in [1.29, 1.82) is 0 Å². The zero-order valence-corrected chi connectivity index (χ0v) is 18.3. The van der Waals surface area contributed by atoms with Crippen LogP contribution in [0.3, 0.4) is 0 Å². The molecule has 0 spiro atoms. The van der Waals surface area contributed by atoms with E-state index in [1.807, 2.05) is 30.9 Å². The predicted octanol–water partition coefficient (Wildman–Crippen LogP) is 2.71. The lowest BCUT2D eigenvalue weighted by Crippen LogP contribution is -2.50. The summed E-state index contributed by atoms with van der Waals surface area (Å²) in [5.74, 6) is 1.14. The number of ether oxygens (including phenoxy) is 1. The second kappa shape index (κ2) is 11.8. The molecule has 162 valence electrons. The molecule has 1 aromatic rings. The summed E-state index contributed by atoms with van der Waals surface area (Å²) in [4.78, 5) is 33.3. The highest BCUT2D eigenvalue weighted by atomic mass is 16.5. The van der Waals surface area contributed by atoms with E-state index in [0.717, 1.165) is 51.3 Å². The van der Waals surface area contributed by atoms with Gasteiger partial charge in [-0.3, -0.25) is 9.59 Å². The van der Waals surface area contributed by atoms with Crippen molar-refractivity contribution in [1.82, 2.24) is 15.2 Å². The third kappa shape index (κ3) is 6.99. The maximum Gasteiger partial charge on any atom is 0.252 e. The van der Waals surface area contributed by atoms with Crippen molar-refractivity contribution in [3.05, 3.63) is 23.9 Å². The molecule has 1 aromatic heterocycles. The molecule has 7 nitrogen and oxygen atoms in total. The zero-order chi connectivity index (χ0) is 21.2. The quantitative estimate of drug-likeness (QED) is 0.607. The van der Waals surface area contributed by atoms with Gasteiger partial charge in [-0.1, -0.05) is 13.8 Å². The lowest BCUT2D eigenvalue weighted by molar-refractivity contribution is -0.136. The Morgan fingerprint density at radius 1 is 1.14 bits per heavy atom. The Morgan fingerprint density at radius 3 is 2.38 bits per heavy atom. The number of carbonyl (C=O) groups excluding carboxylic acids is 2. The summed E-state index contributed by atoms with van der Waals surface area (Å²) >= 11 is 0. The minimum absolute atomic E-state index is 0.116. The average Bonchev–Trinajstić information content (AvgIpc) is 2.74. The Labute approximate surface area is 174 Å². The molecule has 2 amide bonds. The Bertz CT molecular complexity index is 636. The van der Waals surface area contributed by atoms with Gasteiger partial charge in [-0.15, -0.1) is 0 Å². The van der Waals surface area contributed by atoms with E-state index < -0.39 is 0 Å². The second-order valence-electron chi connectivity index (χ2n) is 7.76. The number of nitrogens with zero attached hydrogens (tertiary/aromatic N) is 3. The van der Waals surface area contributed by atoms with Crippen LogP contribution < -0.4 is 10.2 Å². The highest BCUT2D eigenvalue weighted by molar-refractivity contribution is 5.94. The summed E-state index contributed by atoms with van der Waals surface area (Å²) in [6.45, 7) is 12.3. The molecule has 1 aliphatic heterocycles. The first kappa shape index (κ1) is 23.1. The number of carbonyl (C=O) groups is 2. The maximum atomic E-state index is 12.5. The number of amides is 2. The van der Waals surface area contributed by atoms with Crippen molar-refractivity contribution in [2.24, 2.45) is 5.92 Å². The smallest absolute Gasteiger partial charge is 0.252 e. The van der Waals surface area contributed by atoms with Crippen LogP contribution >= 0.6 is 0 Å². The summed E-state index contributed by atoms with van der Waals surface area (Å²) in [6, 6.07) is 3.69. The van der Waals surface area contributed by atoms with Gasteiger partial charge in [0.2, 0.25) is 5.91 Å². The number of aromatic nitrogens is 1. The molecule has 2 heterocycles. The summed E-state index contributed by atoms with van der Waals surface area (Å²) < 4.78 is 5.47. The lowest BCUT2D eigenvalue weighted by atomic mass is 10.0. The first-order chi connectivity index (χ1) is 14.0. The van der Waals surface area contributed by atoms with Gasteiger partial charge in [0, 0.05) is 51.4 Å². The van der Waals surface area contributed by atoms with Gasteiger partial charge in [-0.05, 0) is 45.2 Å². The molecule has 29 heavy (non-hydrogen) atoms. The van der Waals surface area contributed by atoms with Gasteiger partial charge in [0.05, 0.1) is 11.7 Å². The third-order valence-electron chi connectivity index (χ3n) is 5.32. The van der Waals surface area contributed by atoms with Crippen LogP contribution in [0.4, 0.5) is 5.82 Å². The van der Waals surface area contributed by atoms with Crippen LogP contribution in [0.25, 0.3) is 0 Å². The normalized spacial score (nSPS) is 14.6. The fraction of sp³-hybridized carbons (Fsp3) is 0.682. The topological polar surface area (TPSA) is 74.8 Å². The standard InChI is InChI=1S/C22H36N4O3/c1-5-18(6-2)22(28)26-13-11-25(12-14-26)20-9-8-19(16-24-20)21(27)23-10-7-15-29-17(3)4/h8-9,16-18H,5-7,10-15H2,1-4H3,(H,23,27). The molecule has 0 atom stereocenters. The number of piperazine rings is 1. The van der Waals surface area contributed by atoms with E-state index in [0.29, 0.717) is 18.7 Å². The highest BCUT2D eigenvalue weighted by Gasteiger charge is 2.25. The van der Waals surface area contributed by atoms with Crippen LogP contribution in [0.1, 0.15) is 57.3 Å². The van der Waals surface area contributed by atoms with Crippen LogP contribution in [0.5, 0.6) is 0 Å². The van der Waals surface area contributed by atoms with Gasteiger partial charge < -0.3 is 19.9 Å². The average molecular weight is 405 g/mol. The van der Waals surface area contributed by atoms with E-state index in [1.54, 1.807) is 6.20 Å². The van der Waals surface area contributed by atoms with Crippen molar-refractivity contribution in [2.75, 3.05) is 44.2 Å². The molecule has 1 saturated heterocycles. The molecule has 2 rings (SSSR count). The van der Waals surface area contributed by atoms with E-state index >= 15 is 0 Å². The molecule has 0 bridgehead atoms. The summed E-state index contributed by atoms with van der Waals surface area (Å²) in [6.07, 6.45) is 4.41. The van der Waals surface area contributed by atoms with E-state index in [9.17, 15) is 9.59 Å². The molecule has 7 heteroatoms. The van der Waals surface area contributed by atoms with Crippen LogP contribution in [0.2, 0.25) is 0 Å². The van der Waals surface area contributed by atoms with Crippen molar-refractivity contribution in [3.63, 3.8) is 0 Å². The van der Waals surface area contributed by atoms with Gasteiger partial charge in [0.1, 0.15) is 5.82 Å². The largest absolute Gasteiger partial charge is 0.379 e. The minimum atomic E-state index is -0.116. The van der Waals surface area contributed by atoms with E-state index in [1.165, 1.54) is 0 Å². The Hall–Kier alpha value is -2.15. The van der Waals surface area contributed by atoms with Crippen molar-refractivity contribution < 1.29 is 14.3 Å².